The highest BCUT2D eigenvalue weighted by Crippen LogP contribution is 2.31. The Morgan fingerprint density at radius 2 is 2.22 bits per heavy atom. The average Bonchev–Trinajstić information content (AvgIpc) is 2.34. The largest absolute Gasteiger partial charge is 0.481 e. The van der Waals surface area contributed by atoms with Crippen molar-refractivity contribution in [3.8, 4) is 6.07 Å². The van der Waals surface area contributed by atoms with E-state index in [1.807, 2.05) is 24.3 Å². The molecule has 1 aromatic carbocycles. The van der Waals surface area contributed by atoms with Crippen LogP contribution in [-0.4, -0.2) is 11.1 Å². The van der Waals surface area contributed by atoms with Crippen LogP contribution in [0.4, 0.5) is 0 Å². The molecular formula is C14H16INO2. The molecule has 4 heteroatoms. The first kappa shape index (κ1) is 15.0. The fourth-order valence-electron chi connectivity index (χ4n) is 1.89. The molecule has 1 rings (SSSR count). The standard InChI is InChI=1S/C14H16INO2/c1-14(13(17)18,8-3-2-4-9-16)11-6-5-7-12(15)10-11/h5-7,10H,2-4,8H2,1H3,(H,17,18). The molecule has 0 saturated heterocycles. The van der Waals surface area contributed by atoms with Gasteiger partial charge in [-0.1, -0.05) is 18.6 Å². The second-order valence-corrected chi connectivity index (χ2v) is 5.76. The molecule has 1 aromatic rings. The minimum Gasteiger partial charge on any atom is -0.481 e. The van der Waals surface area contributed by atoms with Crippen LogP contribution in [0.2, 0.25) is 0 Å². The molecular weight excluding hydrogens is 341 g/mol. The Bertz CT molecular complexity index is 467. The van der Waals surface area contributed by atoms with Crippen molar-refractivity contribution in [2.24, 2.45) is 0 Å². The van der Waals surface area contributed by atoms with Gasteiger partial charge in [-0.15, -0.1) is 0 Å². The maximum atomic E-state index is 11.5. The number of aliphatic carboxylic acids is 1. The van der Waals surface area contributed by atoms with Gasteiger partial charge in [-0.25, -0.2) is 0 Å². The minimum absolute atomic E-state index is 0.488. The second-order valence-electron chi connectivity index (χ2n) is 4.51. The first-order chi connectivity index (χ1) is 8.50. The number of nitrogens with zero attached hydrogens (tertiary/aromatic N) is 1. The first-order valence-corrected chi connectivity index (χ1v) is 6.95. The van der Waals surface area contributed by atoms with Crippen molar-refractivity contribution in [1.82, 2.24) is 0 Å². The van der Waals surface area contributed by atoms with Crippen LogP contribution in [0.5, 0.6) is 0 Å². The smallest absolute Gasteiger partial charge is 0.313 e. The van der Waals surface area contributed by atoms with Gasteiger partial charge in [-0.3, -0.25) is 4.79 Å². The number of benzene rings is 1. The monoisotopic (exact) mass is 357 g/mol. The van der Waals surface area contributed by atoms with E-state index in [4.69, 9.17) is 5.26 Å². The SMILES string of the molecule is CC(CCCCC#N)(C(=O)O)c1cccc(I)c1. The number of carboxylic acids is 1. The van der Waals surface area contributed by atoms with E-state index in [9.17, 15) is 9.90 Å². The predicted molar refractivity (Wildman–Crippen MR) is 78.2 cm³/mol. The summed E-state index contributed by atoms with van der Waals surface area (Å²) in [4.78, 5) is 11.5. The molecule has 0 fully saturated rings. The fraction of sp³-hybridized carbons (Fsp3) is 0.429. The van der Waals surface area contributed by atoms with Gasteiger partial charge in [0.1, 0.15) is 0 Å². The Morgan fingerprint density at radius 3 is 2.78 bits per heavy atom. The quantitative estimate of drug-likeness (QED) is 0.624. The number of nitriles is 1. The molecule has 0 radical (unpaired) electrons. The molecule has 0 saturated carbocycles. The van der Waals surface area contributed by atoms with Crippen LogP contribution in [-0.2, 0) is 10.2 Å². The second kappa shape index (κ2) is 6.74. The minimum atomic E-state index is -0.864. The number of halogens is 1. The lowest BCUT2D eigenvalue weighted by atomic mass is 9.78. The van der Waals surface area contributed by atoms with E-state index in [0.29, 0.717) is 12.8 Å². The van der Waals surface area contributed by atoms with Crippen LogP contribution in [0.25, 0.3) is 0 Å². The van der Waals surface area contributed by atoms with Gasteiger partial charge in [0, 0.05) is 9.99 Å². The summed E-state index contributed by atoms with van der Waals surface area (Å²) in [6, 6.07) is 9.69. The predicted octanol–water partition coefficient (Wildman–Crippen LogP) is 3.72. The van der Waals surface area contributed by atoms with Crippen molar-refractivity contribution in [2.45, 2.75) is 38.0 Å². The molecule has 0 bridgehead atoms. The van der Waals surface area contributed by atoms with Gasteiger partial charge < -0.3 is 5.11 Å². The van der Waals surface area contributed by atoms with Crippen LogP contribution in [0.1, 0.15) is 38.2 Å². The summed E-state index contributed by atoms with van der Waals surface area (Å²) >= 11 is 2.18. The highest BCUT2D eigenvalue weighted by Gasteiger charge is 2.34. The molecule has 0 heterocycles. The van der Waals surface area contributed by atoms with Crippen molar-refractivity contribution < 1.29 is 9.90 Å². The number of unbranched alkanes of at least 4 members (excludes halogenated alkanes) is 2. The first-order valence-electron chi connectivity index (χ1n) is 5.87. The number of hydrogen-bond donors (Lipinski definition) is 1. The molecule has 0 aliphatic carbocycles. The van der Waals surface area contributed by atoms with Crippen molar-refractivity contribution >= 4 is 28.6 Å². The lowest BCUT2D eigenvalue weighted by molar-refractivity contribution is -0.143. The Balaban J connectivity index is 2.87. The van der Waals surface area contributed by atoms with Crippen LogP contribution in [0, 0.1) is 14.9 Å². The van der Waals surface area contributed by atoms with E-state index in [-0.39, 0.29) is 0 Å². The van der Waals surface area contributed by atoms with E-state index in [1.165, 1.54) is 0 Å². The topological polar surface area (TPSA) is 61.1 Å². The molecule has 0 spiro atoms. The third-order valence-corrected chi connectivity index (χ3v) is 3.82. The van der Waals surface area contributed by atoms with Crippen molar-refractivity contribution in [3.05, 3.63) is 33.4 Å². The highest BCUT2D eigenvalue weighted by molar-refractivity contribution is 14.1. The van der Waals surface area contributed by atoms with Crippen LogP contribution in [0.3, 0.4) is 0 Å². The van der Waals surface area contributed by atoms with E-state index in [0.717, 1.165) is 22.0 Å². The maximum absolute atomic E-state index is 11.5. The summed E-state index contributed by atoms with van der Waals surface area (Å²) in [6.07, 6.45) is 2.55. The molecule has 18 heavy (non-hydrogen) atoms. The van der Waals surface area contributed by atoms with Crippen LogP contribution >= 0.6 is 22.6 Å². The summed E-state index contributed by atoms with van der Waals surface area (Å²) in [5.74, 6) is -0.804. The molecule has 0 aliphatic heterocycles. The summed E-state index contributed by atoms with van der Waals surface area (Å²) in [5.41, 5.74) is -0.0322. The van der Waals surface area contributed by atoms with Gasteiger partial charge >= 0.3 is 5.97 Å². The van der Waals surface area contributed by atoms with Crippen LogP contribution < -0.4 is 0 Å². The summed E-state index contributed by atoms with van der Waals surface area (Å²) in [6.45, 7) is 1.76. The number of carboxylic acid groups (broad SMARTS) is 1. The van der Waals surface area contributed by atoms with Crippen molar-refractivity contribution in [2.75, 3.05) is 0 Å². The molecule has 1 unspecified atom stereocenters. The third kappa shape index (κ3) is 3.70. The van der Waals surface area contributed by atoms with Gasteiger partial charge in [0.2, 0.25) is 0 Å². The van der Waals surface area contributed by atoms with Gasteiger partial charge in [0.15, 0.2) is 0 Å². The summed E-state index contributed by atoms with van der Waals surface area (Å²) in [5, 5.41) is 18.0. The third-order valence-electron chi connectivity index (χ3n) is 3.15. The molecule has 0 aliphatic rings. The van der Waals surface area contributed by atoms with Gasteiger partial charge in [-0.05, 0) is 60.1 Å². The lowest BCUT2D eigenvalue weighted by Crippen LogP contribution is -2.32. The van der Waals surface area contributed by atoms with E-state index < -0.39 is 11.4 Å². The number of rotatable bonds is 6. The zero-order valence-electron chi connectivity index (χ0n) is 10.3. The van der Waals surface area contributed by atoms with E-state index in [1.54, 1.807) is 6.92 Å². The number of hydrogen-bond acceptors (Lipinski definition) is 2. The molecule has 96 valence electrons. The van der Waals surface area contributed by atoms with E-state index in [2.05, 4.69) is 28.7 Å². The summed E-state index contributed by atoms with van der Waals surface area (Å²) < 4.78 is 1.04. The zero-order chi connectivity index (χ0) is 13.6. The molecule has 3 nitrogen and oxygen atoms in total. The summed E-state index contributed by atoms with van der Waals surface area (Å²) in [7, 11) is 0. The fourth-order valence-corrected chi connectivity index (χ4v) is 2.43. The Kier molecular flexibility index (Phi) is 5.60. The van der Waals surface area contributed by atoms with Gasteiger partial charge in [-0.2, -0.15) is 5.26 Å². The molecule has 0 aromatic heterocycles. The number of carbonyl (C=O) groups is 1. The van der Waals surface area contributed by atoms with E-state index >= 15 is 0 Å². The van der Waals surface area contributed by atoms with Gasteiger partial charge in [0.05, 0.1) is 11.5 Å². The average molecular weight is 357 g/mol. The van der Waals surface area contributed by atoms with Crippen LogP contribution in [0.15, 0.2) is 24.3 Å². The van der Waals surface area contributed by atoms with Crippen molar-refractivity contribution in [1.29, 1.82) is 5.26 Å². The normalized spacial score (nSPS) is 13.6. The molecule has 1 N–H and O–H groups in total. The van der Waals surface area contributed by atoms with Crippen molar-refractivity contribution in [3.63, 3.8) is 0 Å². The Labute approximate surface area is 121 Å². The Hall–Kier alpha value is -1.09. The van der Waals surface area contributed by atoms with Gasteiger partial charge in [0.25, 0.3) is 0 Å². The Morgan fingerprint density at radius 1 is 1.50 bits per heavy atom. The highest BCUT2D eigenvalue weighted by atomic mass is 127. The lowest BCUT2D eigenvalue weighted by Gasteiger charge is -2.25. The molecule has 0 amide bonds. The molecule has 1 atom stereocenters. The zero-order valence-corrected chi connectivity index (χ0v) is 12.5. The maximum Gasteiger partial charge on any atom is 0.313 e.